The molecule has 5 heteroatoms. The summed E-state index contributed by atoms with van der Waals surface area (Å²) in [4.78, 5) is 8.53. The van der Waals surface area contributed by atoms with Crippen molar-refractivity contribution in [1.82, 2.24) is 9.97 Å². The SMILES string of the molecule is COc1ccc(-c2cc3cccnc3nc2Cl)cc1OC. The monoisotopic (exact) mass is 300 g/mol. The van der Waals surface area contributed by atoms with Gasteiger partial charge >= 0.3 is 0 Å². The fourth-order valence-electron chi connectivity index (χ4n) is 2.19. The number of aromatic nitrogens is 2. The first kappa shape index (κ1) is 13.6. The van der Waals surface area contributed by atoms with Gasteiger partial charge in [0.25, 0.3) is 0 Å². The van der Waals surface area contributed by atoms with E-state index in [9.17, 15) is 0 Å². The molecule has 0 saturated heterocycles. The Bertz CT molecular complexity index is 805. The van der Waals surface area contributed by atoms with Crippen LogP contribution in [-0.2, 0) is 0 Å². The van der Waals surface area contributed by atoms with E-state index in [1.165, 1.54) is 0 Å². The Labute approximate surface area is 127 Å². The Hall–Kier alpha value is -2.33. The first-order valence-electron chi connectivity index (χ1n) is 6.36. The molecule has 0 spiro atoms. The zero-order valence-corrected chi connectivity index (χ0v) is 12.4. The molecule has 4 nitrogen and oxygen atoms in total. The highest BCUT2D eigenvalue weighted by atomic mass is 35.5. The highest BCUT2D eigenvalue weighted by Gasteiger charge is 2.11. The summed E-state index contributed by atoms with van der Waals surface area (Å²) in [5.41, 5.74) is 2.38. The van der Waals surface area contributed by atoms with Gasteiger partial charge in [-0.2, -0.15) is 0 Å². The van der Waals surface area contributed by atoms with Crippen LogP contribution in [0.5, 0.6) is 11.5 Å². The summed E-state index contributed by atoms with van der Waals surface area (Å²) < 4.78 is 10.6. The van der Waals surface area contributed by atoms with E-state index in [4.69, 9.17) is 21.1 Å². The van der Waals surface area contributed by atoms with Crippen LogP contribution in [0.3, 0.4) is 0 Å². The molecule has 0 radical (unpaired) electrons. The van der Waals surface area contributed by atoms with Crippen molar-refractivity contribution in [1.29, 1.82) is 0 Å². The molecule has 0 atom stereocenters. The quantitative estimate of drug-likeness (QED) is 0.687. The molecule has 21 heavy (non-hydrogen) atoms. The molecule has 2 heterocycles. The van der Waals surface area contributed by atoms with Crippen molar-refractivity contribution >= 4 is 22.6 Å². The molecule has 1 aromatic carbocycles. The fourth-order valence-corrected chi connectivity index (χ4v) is 2.43. The number of ether oxygens (including phenoxy) is 2. The van der Waals surface area contributed by atoms with Crippen molar-refractivity contribution < 1.29 is 9.47 Å². The summed E-state index contributed by atoms with van der Waals surface area (Å²) in [6, 6.07) is 11.4. The van der Waals surface area contributed by atoms with E-state index in [1.54, 1.807) is 20.4 Å². The molecule has 2 aromatic heterocycles. The summed E-state index contributed by atoms with van der Waals surface area (Å²) >= 11 is 6.28. The zero-order valence-electron chi connectivity index (χ0n) is 11.6. The Kier molecular flexibility index (Phi) is 3.62. The van der Waals surface area contributed by atoms with Crippen LogP contribution in [0.4, 0.5) is 0 Å². The predicted octanol–water partition coefficient (Wildman–Crippen LogP) is 3.97. The molecule has 3 aromatic rings. The third kappa shape index (κ3) is 2.50. The summed E-state index contributed by atoms with van der Waals surface area (Å²) in [5.74, 6) is 1.32. The molecule has 3 rings (SSSR count). The van der Waals surface area contributed by atoms with Crippen LogP contribution in [0.2, 0.25) is 5.15 Å². The maximum atomic E-state index is 6.28. The van der Waals surface area contributed by atoms with Gasteiger partial charge in [-0.1, -0.05) is 17.7 Å². The average Bonchev–Trinajstić information content (AvgIpc) is 2.53. The number of nitrogens with zero attached hydrogens (tertiary/aromatic N) is 2. The highest BCUT2D eigenvalue weighted by molar-refractivity contribution is 6.32. The van der Waals surface area contributed by atoms with Crippen LogP contribution >= 0.6 is 11.6 Å². The Morgan fingerprint density at radius 3 is 2.57 bits per heavy atom. The Balaban J connectivity index is 2.17. The molecule has 0 aliphatic rings. The first-order valence-corrected chi connectivity index (χ1v) is 6.74. The average molecular weight is 301 g/mol. The minimum atomic E-state index is 0.411. The number of benzene rings is 1. The standard InChI is InChI=1S/C16H13ClN2O2/c1-20-13-6-5-10(9-14(13)21-2)12-8-11-4-3-7-18-16(11)19-15(12)17/h3-9H,1-2H3. The molecule has 0 fully saturated rings. The summed E-state index contributed by atoms with van der Waals surface area (Å²) in [6.45, 7) is 0. The molecular formula is C16H13ClN2O2. The number of pyridine rings is 2. The molecule has 0 amide bonds. The fraction of sp³-hybridized carbons (Fsp3) is 0.125. The number of halogens is 1. The Morgan fingerprint density at radius 1 is 1.00 bits per heavy atom. The van der Waals surface area contributed by atoms with E-state index < -0.39 is 0 Å². The normalized spacial score (nSPS) is 10.6. The van der Waals surface area contributed by atoms with Gasteiger partial charge in [0.05, 0.1) is 14.2 Å². The lowest BCUT2D eigenvalue weighted by Gasteiger charge is -2.11. The molecule has 106 valence electrons. The van der Waals surface area contributed by atoms with Gasteiger partial charge in [0.15, 0.2) is 17.1 Å². The zero-order chi connectivity index (χ0) is 14.8. The van der Waals surface area contributed by atoms with E-state index in [0.29, 0.717) is 22.3 Å². The third-order valence-corrected chi connectivity index (χ3v) is 3.53. The molecule has 0 aliphatic carbocycles. The van der Waals surface area contributed by atoms with E-state index in [2.05, 4.69) is 9.97 Å². The van der Waals surface area contributed by atoms with Crippen molar-refractivity contribution in [2.75, 3.05) is 14.2 Å². The topological polar surface area (TPSA) is 44.2 Å². The molecule has 0 bridgehead atoms. The molecule has 0 N–H and O–H groups in total. The first-order chi connectivity index (χ1) is 10.2. The molecule has 0 unspecified atom stereocenters. The smallest absolute Gasteiger partial charge is 0.161 e. The number of rotatable bonds is 3. The van der Waals surface area contributed by atoms with Crippen LogP contribution in [0.25, 0.3) is 22.2 Å². The molecule has 0 saturated carbocycles. The Morgan fingerprint density at radius 2 is 1.81 bits per heavy atom. The van der Waals surface area contributed by atoms with Crippen molar-refractivity contribution in [3.63, 3.8) is 0 Å². The summed E-state index contributed by atoms with van der Waals surface area (Å²) in [7, 11) is 3.21. The second-order valence-electron chi connectivity index (χ2n) is 4.45. The summed E-state index contributed by atoms with van der Waals surface area (Å²) in [5, 5.41) is 1.35. The van der Waals surface area contributed by atoms with E-state index >= 15 is 0 Å². The van der Waals surface area contributed by atoms with Gasteiger partial charge in [0.1, 0.15) is 5.15 Å². The van der Waals surface area contributed by atoms with Gasteiger partial charge in [-0.15, -0.1) is 0 Å². The van der Waals surface area contributed by atoms with Gasteiger partial charge in [-0.25, -0.2) is 9.97 Å². The van der Waals surface area contributed by atoms with Crippen molar-refractivity contribution in [3.8, 4) is 22.6 Å². The second-order valence-corrected chi connectivity index (χ2v) is 4.80. The van der Waals surface area contributed by atoms with Crippen LogP contribution in [0.15, 0.2) is 42.6 Å². The van der Waals surface area contributed by atoms with Crippen LogP contribution < -0.4 is 9.47 Å². The van der Waals surface area contributed by atoms with Gasteiger partial charge < -0.3 is 9.47 Å². The minimum absolute atomic E-state index is 0.411. The van der Waals surface area contributed by atoms with E-state index in [0.717, 1.165) is 16.5 Å². The van der Waals surface area contributed by atoms with Crippen LogP contribution in [-0.4, -0.2) is 24.2 Å². The lowest BCUT2D eigenvalue weighted by atomic mass is 10.1. The molecular weight excluding hydrogens is 288 g/mol. The summed E-state index contributed by atoms with van der Waals surface area (Å²) in [6.07, 6.45) is 1.70. The van der Waals surface area contributed by atoms with Gasteiger partial charge in [0.2, 0.25) is 0 Å². The number of hydrogen-bond acceptors (Lipinski definition) is 4. The van der Waals surface area contributed by atoms with Gasteiger partial charge in [-0.05, 0) is 35.9 Å². The number of methoxy groups -OCH3 is 2. The minimum Gasteiger partial charge on any atom is -0.493 e. The third-order valence-electron chi connectivity index (χ3n) is 3.24. The largest absolute Gasteiger partial charge is 0.493 e. The molecule has 0 aliphatic heterocycles. The van der Waals surface area contributed by atoms with Gasteiger partial charge in [-0.3, -0.25) is 0 Å². The lowest BCUT2D eigenvalue weighted by Crippen LogP contribution is -1.92. The van der Waals surface area contributed by atoms with E-state index in [-0.39, 0.29) is 0 Å². The van der Waals surface area contributed by atoms with Crippen molar-refractivity contribution in [3.05, 3.63) is 47.7 Å². The van der Waals surface area contributed by atoms with Crippen LogP contribution in [0.1, 0.15) is 0 Å². The van der Waals surface area contributed by atoms with E-state index in [1.807, 2.05) is 36.4 Å². The van der Waals surface area contributed by atoms with Gasteiger partial charge in [0, 0.05) is 17.1 Å². The number of fused-ring (bicyclic) bond motifs is 1. The van der Waals surface area contributed by atoms with Crippen molar-refractivity contribution in [2.24, 2.45) is 0 Å². The van der Waals surface area contributed by atoms with Crippen molar-refractivity contribution in [2.45, 2.75) is 0 Å². The van der Waals surface area contributed by atoms with Crippen LogP contribution in [0, 0.1) is 0 Å². The second kappa shape index (κ2) is 5.58. The maximum Gasteiger partial charge on any atom is 0.161 e. The predicted molar refractivity (Wildman–Crippen MR) is 83.1 cm³/mol. The maximum absolute atomic E-state index is 6.28. The number of hydrogen-bond donors (Lipinski definition) is 0. The highest BCUT2D eigenvalue weighted by Crippen LogP contribution is 2.35. The lowest BCUT2D eigenvalue weighted by molar-refractivity contribution is 0.355.